The zero-order valence-electron chi connectivity index (χ0n) is 12.9. The Balaban J connectivity index is 1.62. The van der Waals surface area contributed by atoms with Crippen molar-refractivity contribution in [1.82, 2.24) is 4.98 Å². The average Bonchev–Trinajstić information content (AvgIpc) is 3.09. The molecule has 6 heteroatoms. The maximum atomic E-state index is 13.0. The van der Waals surface area contributed by atoms with Crippen LogP contribution in [0.5, 0.6) is 0 Å². The van der Waals surface area contributed by atoms with Crippen molar-refractivity contribution in [3.8, 4) is 10.6 Å². The van der Waals surface area contributed by atoms with Crippen LogP contribution in [0.4, 0.5) is 4.39 Å². The third-order valence-electron chi connectivity index (χ3n) is 3.32. The van der Waals surface area contributed by atoms with Crippen LogP contribution in [-0.4, -0.2) is 17.2 Å². The second kappa shape index (κ2) is 7.59. The van der Waals surface area contributed by atoms with Gasteiger partial charge in [0, 0.05) is 15.8 Å². The Morgan fingerprint density at radius 2 is 1.88 bits per heavy atom. The van der Waals surface area contributed by atoms with Crippen molar-refractivity contribution in [3.05, 3.63) is 71.0 Å². The van der Waals surface area contributed by atoms with Crippen molar-refractivity contribution < 1.29 is 13.9 Å². The number of aromatic nitrogens is 1. The van der Waals surface area contributed by atoms with Gasteiger partial charge in [-0.25, -0.2) is 14.2 Å². The van der Waals surface area contributed by atoms with Crippen LogP contribution in [0.1, 0.15) is 16.1 Å². The molecular weight excluding hydrogens is 345 g/mol. The number of hydrogen-bond donors (Lipinski definition) is 0. The lowest BCUT2D eigenvalue weighted by atomic mass is 10.2. The van der Waals surface area contributed by atoms with Gasteiger partial charge in [0.25, 0.3) is 0 Å². The van der Waals surface area contributed by atoms with Crippen molar-refractivity contribution in [1.29, 1.82) is 0 Å². The molecule has 0 aliphatic heterocycles. The van der Waals surface area contributed by atoms with E-state index < -0.39 is 0 Å². The first kappa shape index (κ1) is 16.7. The van der Waals surface area contributed by atoms with E-state index in [4.69, 9.17) is 4.74 Å². The first-order valence-corrected chi connectivity index (χ1v) is 9.27. The number of ether oxygens (including phenoxy) is 1. The minimum Gasteiger partial charge on any atom is -0.456 e. The molecule has 122 valence electrons. The number of hydrogen-bond acceptors (Lipinski definition) is 5. The van der Waals surface area contributed by atoms with Crippen molar-refractivity contribution in [2.75, 3.05) is 6.26 Å². The highest BCUT2D eigenvalue weighted by Crippen LogP contribution is 2.24. The zero-order chi connectivity index (χ0) is 16.9. The monoisotopic (exact) mass is 359 g/mol. The predicted molar refractivity (Wildman–Crippen MR) is 94.9 cm³/mol. The smallest absolute Gasteiger partial charge is 0.338 e. The molecule has 0 aliphatic carbocycles. The molecule has 0 atom stereocenters. The minimum atomic E-state index is -0.376. The Kier molecular flexibility index (Phi) is 5.27. The van der Waals surface area contributed by atoms with Crippen LogP contribution >= 0.6 is 23.1 Å². The van der Waals surface area contributed by atoms with Gasteiger partial charge in [0.15, 0.2) is 0 Å². The first-order chi connectivity index (χ1) is 11.7. The summed E-state index contributed by atoms with van der Waals surface area (Å²) in [6.45, 7) is 0.112. The highest BCUT2D eigenvalue weighted by molar-refractivity contribution is 7.98. The Hall–Kier alpha value is -2.18. The molecule has 0 radical (unpaired) electrons. The summed E-state index contributed by atoms with van der Waals surface area (Å²) in [5, 5.41) is 2.60. The molecule has 3 rings (SSSR count). The summed E-state index contributed by atoms with van der Waals surface area (Å²) in [5.74, 6) is -0.657. The van der Waals surface area contributed by atoms with Gasteiger partial charge in [-0.1, -0.05) is 0 Å². The van der Waals surface area contributed by atoms with Crippen molar-refractivity contribution in [2.45, 2.75) is 11.5 Å². The van der Waals surface area contributed by atoms with Crippen LogP contribution in [0.25, 0.3) is 10.6 Å². The lowest BCUT2D eigenvalue weighted by Crippen LogP contribution is -2.05. The molecule has 1 aromatic heterocycles. The maximum absolute atomic E-state index is 13.0. The van der Waals surface area contributed by atoms with Gasteiger partial charge in [0.2, 0.25) is 0 Å². The Morgan fingerprint density at radius 3 is 2.54 bits per heavy atom. The van der Waals surface area contributed by atoms with Crippen LogP contribution in [0.2, 0.25) is 0 Å². The Labute approximate surface area is 147 Å². The van der Waals surface area contributed by atoms with Crippen LogP contribution in [0, 0.1) is 5.82 Å². The summed E-state index contributed by atoms with van der Waals surface area (Å²) >= 11 is 3.05. The molecule has 3 aromatic rings. The van der Waals surface area contributed by atoms with Gasteiger partial charge in [0.1, 0.15) is 17.4 Å². The molecule has 0 N–H and O–H groups in total. The van der Waals surface area contributed by atoms with Gasteiger partial charge in [-0.2, -0.15) is 0 Å². The number of rotatable bonds is 5. The molecule has 2 aromatic carbocycles. The van der Waals surface area contributed by atoms with Crippen LogP contribution in [0.3, 0.4) is 0 Å². The summed E-state index contributed by atoms with van der Waals surface area (Å²) in [5.41, 5.74) is 2.03. The topological polar surface area (TPSA) is 39.2 Å². The van der Waals surface area contributed by atoms with E-state index in [1.165, 1.54) is 23.5 Å². The molecule has 0 bridgehead atoms. The molecule has 24 heavy (non-hydrogen) atoms. The molecule has 0 unspecified atom stereocenters. The fourth-order valence-electron chi connectivity index (χ4n) is 2.05. The fraction of sp³-hybridized carbons (Fsp3) is 0.111. The molecule has 0 saturated carbocycles. The number of thioether (sulfide) groups is 1. The molecule has 0 saturated heterocycles. The molecule has 0 amide bonds. The SMILES string of the molecule is CSc1ccc(C(=O)OCc2csc(-c3ccc(F)cc3)n2)cc1. The number of esters is 1. The number of halogens is 1. The van der Waals surface area contributed by atoms with Crippen LogP contribution in [-0.2, 0) is 11.3 Å². The Morgan fingerprint density at radius 1 is 1.17 bits per heavy atom. The van der Waals surface area contributed by atoms with Gasteiger partial charge >= 0.3 is 5.97 Å². The Bertz CT molecular complexity index is 829. The van der Waals surface area contributed by atoms with E-state index in [0.717, 1.165) is 15.5 Å². The lowest BCUT2D eigenvalue weighted by Gasteiger charge is -2.03. The predicted octanol–water partition coefficient (Wildman–Crippen LogP) is 5.03. The molecular formula is C18H14FNO2S2. The second-order valence-corrected chi connectivity index (χ2v) is 6.69. The minimum absolute atomic E-state index is 0.112. The maximum Gasteiger partial charge on any atom is 0.338 e. The highest BCUT2D eigenvalue weighted by atomic mass is 32.2. The number of carbonyl (C=O) groups excluding carboxylic acids is 1. The van der Waals surface area contributed by atoms with Crippen molar-refractivity contribution in [2.24, 2.45) is 0 Å². The van der Waals surface area contributed by atoms with E-state index in [0.29, 0.717) is 11.3 Å². The summed E-state index contributed by atoms with van der Waals surface area (Å²) in [4.78, 5) is 17.5. The van der Waals surface area contributed by atoms with Gasteiger partial charge in [-0.05, 0) is 54.8 Å². The van der Waals surface area contributed by atoms with E-state index >= 15 is 0 Å². The summed E-state index contributed by atoms with van der Waals surface area (Å²) in [7, 11) is 0. The van der Waals surface area contributed by atoms with E-state index in [1.807, 2.05) is 23.8 Å². The third kappa shape index (κ3) is 4.01. The number of carbonyl (C=O) groups is 1. The number of nitrogens with zero attached hydrogens (tertiary/aromatic N) is 1. The molecule has 0 aliphatic rings. The summed E-state index contributed by atoms with van der Waals surface area (Å²) < 4.78 is 18.2. The molecule has 0 fully saturated rings. The zero-order valence-corrected chi connectivity index (χ0v) is 14.5. The number of benzene rings is 2. The number of thiazole rings is 1. The van der Waals surface area contributed by atoms with E-state index in [2.05, 4.69) is 4.98 Å². The third-order valence-corrected chi connectivity index (χ3v) is 5.00. The average molecular weight is 359 g/mol. The molecule has 0 spiro atoms. The summed E-state index contributed by atoms with van der Waals surface area (Å²) in [6.07, 6.45) is 1.98. The normalized spacial score (nSPS) is 10.6. The van der Waals surface area contributed by atoms with Gasteiger partial charge in [-0.15, -0.1) is 23.1 Å². The van der Waals surface area contributed by atoms with Crippen molar-refractivity contribution >= 4 is 29.1 Å². The fourth-order valence-corrected chi connectivity index (χ4v) is 3.27. The van der Waals surface area contributed by atoms with Gasteiger partial charge < -0.3 is 4.74 Å². The molecule has 1 heterocycles. The summed E-state index contributed by atoms with van der Waals surface area (Å²) in [6, 6.07) is 13.4. The van der Waals surface area contributed by atoms with Gasteiger partial charge in [-0.3, -0.25) is 0 Å². The lowest BCUT2D eigenvalue weighted by molar-refractivity contribution is 0.0468. The first-order valence-electron chi connectivity index (χ1n) is 7.17. The van der Waals surface area contributed by atoms with Crippen LogP contribution in [0.15, 0.2) is 58.8 Å². The van der Waals surface area contributed by atoms with E-state index in [1.54, 1.807) is 36.0 Å². The second-order valence-electron chi connectivity index (χ2n) is 4.96. The largest absolute Gasteiger partial charge is 0.456 e. The van der Waals surface area contributed by atoms with Crippen LogP contribution < -0.4 is 0 Å². The highest BCUT2D eigenvalue weighted by Gasteiger charge is 2.10. The van der Waals surface area contributed by atoms with E-state index in [9.17, 15) is 9.18 Å². The standard InChI is InChI=1S/C18H14FNO2S2/c1-23-16-8-4-13(5-9-16)18(21)22-10-15-11-24-17(20-15)12-2-6-14(19)7-3-12/h2-9,11H,10H2,1H3. The quantitative estimate of drug-likeness (QED) is 0.473. The van der Waals surface area contributed by atoms with E-state index in [-0.39, 0.29) is 18.4 Å². The van der Waals surface area contributed by atoms with Gasteiger partial charge in [0.05, 0.1) is 11.3 Å². The molecule has 3 nitrogen and oxygen atoms in total. The van der Waals surface area contributed by atoms with Crippen molar-refractivity contribution in [3.63, 3.8) is 0 Å².